The van der Waals surface area contributed by atoms with Crippen molar-refractivity contribution >= 4 is 21.8 Å². The van der Waals surface area contributed by atoms with Crippen LogP contribution in [0.2, 0.25) is 0 Å². The van der Waals surface area contributed by atoms with Crippen LogP contribution >= 0.6 is 0 Å². The number of rotatable bonds is 3. The van der Waals surface area contributed by atoms with E-state index in [9.17, 15) is 4.39 Å². The molecule has 0 atom stereocenters. The molecule has 0 aliphatic rings. The van der Waals surface area contributed by atoms with Gasteiger partial charge in [0.25, 0.3) is 0 Å². The van der Waals surface area contributed by atoms with Crippen LogP contribution in [0, 0.1) is 12.0 Å². The van der Waals surface area contributed by atoms with Crippen LogP contribution in [0.1, 0.15) is 105 Å². The molecule has 5 heteroatoms. The fourth-order valence-corrected chi connectivity index (χ4v) is 6.50. The molecule has 0 saturated heterocycles. The third-order valence-corrected chi connectivity index (χ3v) is 9.34. The first kappa shape index (κ1) is 36.7. The van der Waals surface area contributed by atoms with E-state index in [0.29, 0.717) is 5.69 Å². The first-order valence-corrected chi connectivity index (χ1v) is 17.0. The fourth-order valence-electron chi connectivity index (χ4n) is 6.50. The van der Waals surface area contributed by atoms with Gasteiger partial charge in [0, 0.05) is 11.9 Å². The molecule has 0 unspecified atom stereocenters. The minimum Gasteiger partial charge on any atom is -0.662 e. The number of benzene rings is 3. The van der Waals surface area contributed by atoms with Crippen molar-refractivity contribution in [2.75, 3.05) is 0 Å². The predicted octanol–water partition coefficient (Wildman–Crippen LogP) is 11.9. The Kier molecular flexibility index (Phi) is 9.43. The van der Waals surface area contributed by atoms with Gasteiger partial charge in [-0.1, -0.05) is 137 Å². The van der Waals surface area contributed by atoms with Crippen LogP contribution in [0.4, 0.5) is 4.39 Å². The average molecular weight is 833 g/mol. The molecule has 0 spiro atoms. The van der Waals surface area contributed by atoms with Crippen molar-refractivity contribution < 1.29 is 25.5 Å². The Balaban J connectivity index is 0.00000468. The number of pyridine rings is 2. The Bertz CT molecular complexity index is 2170. The number of hydrogen-bond donors (Lipinski definition) is 0. The second-order valence-electron chi connectivity index (χ2n) is 17.4. The minimum atomic E-state index is -0.500. The summed E-state index contributed by atoms with van der Waals surface area (Å²) in [6.45, 7) is 26.9. The van der Waals surface area contributed by atoms with Crippen LogP contribution < -0.4 is 4.98 Å². The van der Waals surface area contributed by atoms with Gasteiger partial charge in [0.1, 0.15) is 0 Å². The molecule has 0 aliphatic carbocycles. The number of halogens is 1. The summed E-state index contributed by atoms with van der Waals surface area (Å²) in [5, 5.41) is 2.25. The predicted molar refractivity (Wildman–Crippen MR) is 200 cm³/mol. The molecule has 6 rings (SSSR count). The monoisotopic (exact) mass is 832 g/mol. The maximum absolute atomic E-state index is 14.6. The molecule has 6 aromatic rings. The van der Waals surface area contributed by atoms with Gasteiger partial charge in [-0.3, -0.25) is 9.97 Å². The molecule has 0 saturated carbocycles. The zero-order valence-corrected chi connectivity index (χ0v) is 33.2. The van der Waals surface area contributed by atoms with Crippen molar-refractivity contribution in [1.29, 1.82) is 0 Å². The normalized spacial score (nSPS) is 12.8. The number of aromatic nitrogens is 3. The van der Waals surface area contributed by atoms with Crippen LogP contribution in [-0.2, 0) is 42.7 Å². The SMILES string of the molecule is CC(C)(C)c1cc(-c2ccccn2)c2[n-]c3c(-c4[c-]c(-c5cccc(F)n5)c(C(C)(C)C)cc4C(C)(C)C)cc(C(C)(C)C)cc3c2c1.[Pt+2]. The second kappa shape index (κ2) is 12.6. The van der Waals surface area contributed by atoms with Gasteiger partial charge in [0.2, 0.25) is 5.95 Å². The molecule has 0 aliphatic heterocycles. The quantitative estimate of drug-likeness (QED) is 0.132. The van der Waals surface area contributed by atoms with E-state index in [1.807, 2.05) is 24.4 Å². The van der Waals surface area contributed by atoms with Crippen molar-refractivity contribution in [2.45, 2.75) is 105 Å². The molecule has 3 aromatic carbocycles. The van der Waals surface area contributed by atoms with Crippen molar-refractivity contribution in [3.8, 4) is 33.6 Å². The minimum absolute atomic E-state index is 0. The summed E-state index contributed by atoms with van der Waals surface area (Å²) in [7, 11) is 0. The van der Waals surface area contributed by atoms with Gasteiger partial charge in [-0.25, -0.2) is 0 Å². The topological polar surface area (TPSA) is 39.9 Å². The van der Waals surface area contributed by atoms with Gasteiger partial charge in [-0.2, -0.15) is 9.91 Å². The van der Waals surface area contributed by atoms with Gasteiger partial charge in [0.15, 0.2) is 0 Å². The molecule has 3 aromatic heterocycles. The van der Waals surface area contributed by atoms with E-state index in [2.05, 4.69) is 131 Å². The molecule has 3 heterocycles. The fraction of sp³-hybridized carbons (Fsp3) is 0.364. The number of hydrogen-bond acceptors (Lipinski definition) is 2. The summed E-state index contributed by atoms with van der Waals surface area (Å²) >= 11 is 0. The standard InChI is InChI=1S/C44H48FN3.Pt/c1-41(2,3)26-20-29(28-24-32(37-17-15-18-38(45)47-37)35(44(10,11)12)25-34(28)43(7,8)9)39-30(21-26)31-22-27(42(4,5)6)23-33(40(31)48-39)36-16-13-14-19-46-36;/h13-23,25H,1-12H3;/q-2;+2. The van der Waals surface area contributed by atoms with Crippen molar-refractivity contribution in [3.63, 3.8) is 0 Å². The Labute approximate surface area is 306 Å². The van der Waals surface area contributed by atoms with Crippen LogP contribution in [-0.4, -0.2) is 9.97 Å². The molecule has 0 fully saturated rings. The van der Waals surface area contributed by atoms with Crippen LogP contribution in [0.25, 0.3) is 55.4 Å². The first-order valence-electron chi connectivity index (χ1n) is 17.0. The summed E-state index contributed by atoms with van der Waals surface area (Å²) in [5.74, 6) is -0.500. The van der Waals surface area contributed by atoms with Gasteiger partial charge in [-0.05, 0) is 67.3 Å². The molecule has 3 nitrogen and oxygen atoms in total. The Morgan fingerprint density at radius 3 is 1.61 bits per heavy atom. The molecule has 0 radical (unpaired) electrons. The summed E-state index contributed by atoms with van der Waals surface area (Å²) in [6, 6.07) is 26.5. The molecule has 49 heavy (non-hydrogen) atoms. The van der Waals surface area contributed by atoms with Gasteiger partial charge < -0.3 is 4.98 Å². The zero-order chi connectivity index (χ0) is 35.0. The summed E-state index contributed by atoms with van der Waals surface area (Å²) < 4.78 is 14.6. The summed E-state index contributed by atoms with van der Waals surface area (Å²) in [4.78, 5) is 14.6. The van der Waals surface area contributed by atoms with Crippen LogP contribution in [0.3, 0.4) is 0 Å². The van der Waals surface area contributed by atoms with Crippen LogP contribution in [0.5, 0.6) is 0 Å². The third-order valence-electron chi connectivity index (χ3n) is 9.34. The summed E-state index contributed by atoms with van der Waals surface area (Å²) in [6.07, 6.45) is 1.85. The molecular weight excluding hydrogens is 785 g/mol. The molecule has 0 N–H and O–H groups in total. The maximum Gasteiger partial charge on any atom is 2.00 e. The maximum atomic E-state index is 14.6. The van der Waals surface area contributed by atoms with Crippen molar-refractivity contribution in [1.82, 2.24) is 15.0 Å². The second-order valence-corrected chi connectivity index (χ2v) is 17.4. The first-order chi connectivity index (χ1) is 22.2. The molecule has 0 amide bonds. The molecular formula is C44H48FN3Pt. The van der Waals surface area contributed by atoms with Gasteiger partial charge in [0.05, 0.1) is 5.69 Å². The van der Waals surface area contributed by atoms with Crippen molar-refractivity contribution in [2.24, 2.45) is 0 Å². The van der Waals surface area contributed by atoms with E-state index in [1.165, 1.54) is 22.8 Å². The Morgan fingerprint density at radius 1 is 0.571 bits per heavy atom. The number of fused-ring (bicyclic) bond motifs is 3. The van der Waals surface area contributed by atoms with Crippen molar-refractivity contribution in [3.05, 3.63) is 107 Å². The van der Waals surface area contributed by atoms with E-state index in [1.54, 1.807) is 6.07 Å². The third kappa shape index (κ3) is 7.04. The molecule has 256 valence electrons. The average Bonchev–Trinajstić information content (AvgIpc) is 3.37. The summed E-state index contributed by atoms with van der Waals surface area (Å²) in [5.41, 5.74) is 11.3. The van der Waals surface area contributed by atoms with E-state index in [4.69, 9.17) is 9.97 Å². The Hall–Kier alpha value is -3.62. The largest absolute Gasteiger partial charge is 2.00 e. The van der Waals surface area contributed by atoms with E-state index < -0.39 is 5.95 Å². The number of nitrogens with zero attached hydrogens (tertiary/aromatic N) is 3. The molecule has 0 bridgehead atoms. The van der Waals surface area contributed by atoms with Gasteiger partial charge >= 0.3 is 21.1 Å². The van der Waals surface area contributed by atoms with E-state index >= 15 is 0 Å². The Morgan fingerprint density at radius 2 is 1.10 bits per heavy atom. The zero-order valence-electron chi connectivity index (χ0n) is 31.0. The van der Waals surface area contributed by atoms with Crippen LogP contribution in [0.15, 0.2) is 72.9 Å². The van der Waals surface area contributed by atoms with Gasteiger partial charge in [-0.15, -0.1) is 34.3 Å². The smallest absolute Gasteiger partial charge is 0.662 e. The van der Waals surface area contributed by atoms with E-state index in [0.717, 1.165) is 55.3 Å². The van der Waals surface area contributed by atoms with E-state index in [-0.39, 0.29) is 42.7 Å².